The highest BCUT2D eigenvalue weighted by molar-refractivity contribution is 7.22. The van der Waals surface area contributed by atoms with Gasteiger partial charge in [0.25, 0.3) is 0 Å². The quantitative estimate of drug-likeness (QED) is 0.708. The molecule has 4 heterocycles. The Labute approximate surface area is 153 Å². The molecule has 1 atom stereocenters. The zero-order valence-electron chi connectivity index (χ0n) is 14.3. The molecular weight excluding hydrogens is 352 g/mol. The summed E-state index contributed by atoms with van der Waals surface area (Å²) in [7, 11) is 0. The van der Waals surface area contributed by atoms with E-state index in [2.05, 4.69) is 26.6 Å². The molecule has 0 aliphatic carbocycles. The maximum absolute atomic E-state index is 12.4. The first-order valence-electron chi connectivity index (χ1n) is 8.20. The van der Waals surface area contributed by atoms with Crippen LogP contribution < -0.4 is 5.32 Å². The number of aryl methyl sites for hydroxylation is 2. The first kappa shape index (κ1) is 16.5. The first-order valence-corrected chi connectivity index (χ1v) is 9.02. The maximum atomic E-state index is 12.4. The summed E-state index contributed by atoms with van der Waals surface area (Å²) < 4.78 is 6.10. The van der Waals surface area contributed by atoms with E-state index in [9.17, 15) is 4.79 Å². The molecule has 1 fully saturated rings. The van der Waals surface area contributed by atoms with E-state index >= 15 is 0 Å². The van der Waals surface area contributed by atoms with E-state index in [4.69, 9.17) is 9.78 Å². The van der Waals surface area contributed by atoms with Gasteiger partial charge in [-0.15, -0.1) is 0 Å². The second-order valence-corrected chi connectivity index (χ2v) is 7.32. The van der Waals surface area contributed by atoms with E-state index in [1.807, 2.05) is 19.9 Å². The maximum Gasteiger partial charge on any atom is 0.231 e. The minimum atomic E-state index is -0.188. The number of nitriles is 1. The molecular formula is C17H16N6O2S. The molecule has 26 heavy (non-hydrogen) atoms. The summed E-state index contributed by atoms with van der Waals surface area (Å²) in [5.74, 6) is 0.449. The second kappa shape index (κ2) is 6.38. The predicted octanol–water partition coefficient (Wildman–Crippen LogP) is 2.70. The molecule has 0 radical (unpaired) electrons. The number of amides is 1. The number of aromatic nitrogens is 3. The van der Waals surface area contributed by atoms with Crippen LogP contribution in [-0.4, -0.2) is 39.0 Å². The standard InChI is InChI=1S/C17H16N6O2S/c1-9-14(10(2)25-22-9)12-5-13-15(19-6-12)20-17(26-13)21-16(24)11-3-4-23(7-11)8-18/h5-6,11H,3-4,7H2,1-2H3,(H,19,20,21,24). The molecule has 1 saturated heterocycles. The average molecular weight is 368 g/mol. The lowest BCUT2D eigenvalue weighted by molar-refractivity contribution is -0.119. The summed E-state index contributed by atoms with van der Waals surface area (Å²) in [5, 5.41) is 16.3. The molecule has 9 heteroatoms. The van der Waals surface area contributed by atoms with Gasteiger partial charge in [0, 0.05) is 30.4 Å². The van der Waals surface area contributed by atoms with Gasteiger partial charge in [-0.1, -0.05) is 16.5 Å². The number of thiazole rings is 1. The number of rotatable bonds is 3. The van der Waals surface area contributed by atoms with E-state index in [0.29, 0.717) is 30.3 Å². The zero-order valence-corrected chi connectivity index (χ0v) is 15.1. The number of likely N-dealkylation sites (tertiary alicyclic amines) is 1. The third-order valence-electron chi connectivity index (χ3n) is 4.50. The van der Waals surface area contributed by atoms with Crippen molar-refractivity contribution in [3.05, 3.63) is 23.7 Å². The van der Waals surface area contributed by atoms with E-state index in [-0.39, 0.29) is 11.8 Å². The lowest BCUT2D eigenvalue weighted by atomic mass is 10.1. The van der Waals surface area contributed by atoms with E-state index in [1.54, 1.807) is 11.1 Å². The predicted molar refractivity (Wildman–Crippen MR) is 96.3 cm³/mol. The van der Waals surface area contributed by atoms with Gasteiger partial charge >= 0.3 is 0 Å². The van der Waals surface area contributed by atoms with Crippen molar-refractivity contribution < 1.29 is 9.32 Å². The molecule has 0 bridgehead atoms. The fraction of sp³-hybridized carbons (Fsp3) is 0.353. The highest BCUT2D eigenvalue weighted by Gasteiger charge is 2.28. The number of pyridine rings is 1. The summed E-state index contributed by atoms with van der Waals surface area (Å²) in [6.07, 6.45) is 4.50. The largest absolute Gasteiger partial charge is 0.361 e. The molecule has 1 N–H and O–H groups in total. The van der Waals surface area contributed by atoms with Crippen LogP contribution in [0.5, 0.6) is 0 Å². The molecule has 4 rings (SSSR count). The molecule has 3 aromatic rings. The highest BCUT2D eigenvalue weighted by Crippen LogP contribution is 2.32. The van der Waals surface area contributed by atoms with Crippen molar-refractivity contribution in [2.75, 3.05) is 18.4 Å². The lowest BCUT2D eigenvalue weighted by Crippen LogP contribution is -2.25. The number of hydrogen-bond donors (Lipinski definition) is 1. The van der Waals surface area contributed by atoms with Gasteiger partial charge in [0.15, 0.2) is 17.0 Å². The Morgan fingerprint density at radius 2 is 2.35 bits per heavy atom. The van der Waals surface area contributed by atoms with Gasteiger partial charge in [-0.3, -0.25) is 4.79 Å². The van der Waals surface area contributed by atoms with Crippen molar-refractivity contribution >= 4 is 32.7 Å². The summed E-state index contributed by atoms with van der Waals surface area (Å²) in [6, 6.07) is 1.98. The smallest absolute Gasteiger partial charge is 0.231 e. The molecule has 1 aliphatic heterocycles. The van der Waals surface area contributed by atoms with Gasteiger partial charge in [-0.05, 0) is 26.3 Å². The van der Waals surface area contributed by atoms with Crippen LogP contribution in [0.1, 0.15) is 17.9 Å². The normalized spacial score (nSPS) is 16.8. The molecule has 1 aliphatic rings. The van der Waals surface area contributed by atoms with E-state index in [1.165, 1.54) is 11.3 Å². The summed E-state index contributed by atoms with van der Waals surface area (Å²) in [5.41, 5.74) is 3.24. The molecule has 8 nitrogen and oxygen atoms in total. The van der Waals surface area contributed by atoms with Crippen molar-refractivity contribution in [2.45, 2.75) is 20.3 Å². The van der Waals surface area contributed by atoms with Crippen molar-refractivity contribution in [3.63, 3.8) is 0 Å². The van der Waals surface area contributed by atoms with Crippen LogP contribution in [0.3, 0.4) is 0 Å². The third-order valence-corrected chi connectivity index (χ3v) is 5.41. The first-order chi connectivity index (χ1) is 12.5. The minimum absolute atomic E-state index is 0.104. The Morgan fingerprint density at radius 3 is 3.04 bits per heavy atom. The summed E-state index contributed by atoms with van der Waals surface area (Å²) in [6.45, 7) is 4.84. The fourth-order valence-electron chi connectivity index (χ4n) is 3.18. The van der Waals surface area contributed by atoms with Crippen LogP contribution in [0.2, 0.25) is 0 Å². The van der Waals surface area contributed by atoms with Gasteiger partial charge in [-0.25, -0.2) is 4.98 Å². The number of hydrogen-bond acceptors (Lipinski definition) is 8. The molecule has 1 unspecified atom stereocenters. The number of carbonyl (C=O) groups excluding carboxylic acids is 1. The molecule has 0 saturated carbocycles. The zero-order chi connectivity index (χ0) is 18.3. The molecule has 0 spiro atoms. The van der Waals surface area contributed by atoms with Gasteiger partial charge in [-0.2, -0.15) is 10.2 Å². The van der Waals surface area contributed by atoms with Crippen molar-refractivity contribution in [1.29, 1.82) is 5.26 Å². The number of nitrogens with zero attached hydrogens (tertiary/aromatic N) is 5. The molecule has 132 valence electrons. The van der Waals surface area contributed by atoms with Crippen LogP contribution in [0.15, 0.2) is 16.8 Å². The summed E-state index contributed by atoms with van der Waals surface area (Å²) in [4.78, 5) is 22.8. The van der Waals surface area contributed by atoms with Crippen LogP contribution in [-0.2, 0) is 4.79 Å². The average Bonchev–Trinajstić information content (AvgIpc) is 3.32. The lowest BCUT2D eigenvalue weighted by Gasteiger charge is -2.08. The third kappa shape index (κ3) is 2.88. The Hall–Kier alpha value is -2.99. The van der Waals surface area contributed by atoms with Crippen molar-refractivity contribution in [1.82, 2.24) is 20.0 Å². The molecule has 3 aromatic heterocycles. The number of anilines is 1. The van der Waals surface area contributed by atoms with Crippen LogP contribution in [0.4, 0.5) is 5.13 Å². The number of carbonyl (C=O) groups is 1. The van der Waals surface area contributed by atoms with Crippen molar-refractivity contribution in [3.8, 4) is 17.3 Å². The van der Waals surface area contributed by atoms with Gasteiger partial charge in [0.2, 0.25) is 5.91 Å². The Morgan fingerprint density at radius 1 is 1.50 bits per heavy atom. The molecule has 1 amide bonds. The van der Waals surface area contributed by atoms with Crippen LogP contribution in [0.25, 0.3) is 21.5 Å². The van der Waals surface area contributed by atoms with Crippen LogP contribution >= 0.6 is 11.3 Å². The van der Waals surface area contributed by atoms with Gasteiger partial charge in [0.1, 0.15) is 5.76 Å². The summed E-state index contributed by atoms with van der Waals surface area (Å²) >= 11 is 1.38. The Balaban J connectivity index is 1.57. The number of fused-ring (bicyclic) bond motifs is 1. The van der Waals surface area contributed by atoms with Crippen molar-refractivity contribution in [2.24, 2.45) is 5.92 Å². The monoisotopic (exact) mass is 368 g/mol. The number of nitrogens with one attached hydrogen (secondary N) is 1. The van der Waals surface area contributed by atoms with Gasteiger partial charge < -0.3 is 14.7 Å². The minimum Gasteiger partial charge on any atom is -0.361 e. The Bertz CT molecular complexity index is 1010. The second-order valence-electron chi connectivity index (χ2n) is 6.28. The van der Waals surface area contributed by atoms with E-state index in [0.717, 1.165) is 27.3 Å². The highest BCUT2D eigenvalue weighted by atomic mass is 32.1. The SMILES string of the molecule is Cc1noc(C)c1-c1cnc2nc(NC(=O)C3CCN(C#N)C3)sc2c1. The van der Waals surface area contributed by atoms with E-state index < -0.39 is 0 Å². The fourth-order valence-corrected chi connectivity index (χ4v) is 4.05. The Kier molecular flexibility index (Phi) is 4.05. The van der Waals surface area contributed by atoms with Crippen LogP contribution in [0, 0.1) is 31.2 Å². The van der Waals surface area contributed by atoms with Gasteiger partial charge in [0.05, 0.1) is 16.3 Å². The topological polar surface area (TPSA) is 108 Å². The molecule has 0 aromatic carbocycles.